The first-order chi connectivity index (χ1) is 14.8. The molecular weight excluding hydrogens is 396 g/mol. The molecule has 2 amide bonds. The summed E-state index contributed by atoms with van der Waals surface area (Å²) >= 11 is 0. The number of rotatable bonds is 3. The maximum absolute atomic E-state index is 13.1. The summed E-state index contributed by atoms with van der Waals surface area (Å²) in [6.07, 6.45) is -1.11. The van der Waals surface area contributed by atoms with Crippen LogP contribution in [0.4, 0.5) is 21.9 Å². The highest BCUT2D eigenvalue weighted by atomic mass is 16.8. The summed E-state index contributed by atoms with van der Waals surface area (Å²) in [5.41, 5.74) is 3.88. The fourth-order valence-electron chi connectivity index (χ4n) is 4.44. The number of carbonyl (C=O) groups is 1. The summed E-state index contributed by atoms with van der Waals surface area (Å²) in [5, 5.41) is 9.78. The fourth-order valence-corrected chi connectivity index (χ4v) is 4.44. The fraction of sp³-hybridized carbons (Fsp3) is 0.435. The monoisotopic (exact) mass is 424 g/mol. The van der Waals surface area contributed by atoms with Gasteiger partial charge in [0.25, 0.3) is 0 Å². The zero-order chi connectivity index (χ0) is 21.8. The third kappa shape index (κ3) is 3.87. The van der Waals surface area contributed by atoms with Crippen molar-refractivity contribution in [2.45, 2.75) is 51.1 Å². The molecule has 2 aromatic carbocycles. The zero-order valence-electron chi connectivity index (χ0n) is 18.2. The third-order valence-corrected chi connectivity index (χ3v) is 5.86. The largest absolute Gasteiger partial charge is 0.356 e. The van der Waals surface area contributed by atoms with Crippen LogP contribution in [0.2, 0.25) is 0 Å². The molecule has 5 rings (SSSR count). The quantitative estimate of drug-likeness (QED) is 0.783. The van der Waals surface area contributed by atoms with E-state index < -0.39 is 12.0 Å². The van der Waals surface area contributed by atoms with E-state index in [1.165, 1.54) is 5.56 Å². The van der Waals surface area contributed by atoms with Crippen LogP contribution < -0.4 is 10.6 Å². The van der Waals surface area contributed by atoms with E-state index in [1.807, 2.05) is 62.3 Å². The first-order valence-corrected chi connectivity index (χ1v) is 10.6. The number of anilines is 3. The first-order valence-electron chi connectivity index (χ1n) is 10.6. The molecule has 3 heterocycles. The summed E-state index contributed by atoms with van der Waals surface area (Å²) in [6, 6.07) is 15.5. The molecule has 31 heavy (non-hydrogen) atoms. The molecule has 8 nitrogen and oxygen atoms in total. The Labute approximate surface area is 182 Å². The predicted molar refractivity (Wildman–Crippen MR) is 117 cm³/mol. The van der Waals surface area contributed by atoms with Gasteiger partial charge in [0.1, 0.15) is 18.3 Å². The molecule has 2 aromatic rings. The van der Waals surface area contributed by atoms with Crippen molar-refractivity contribution in [1.29, 1.82) is 0 Å². The summed E-state index contributed by atoms with van der Waals surface area (Å²) in [6.45, 7) is 6.40. The molecule has 2 bridgehead atoms. The first kappa shape index (κ1) is 20.3. The SMILES string of the molecule is Cc1ccc(Nc2ccc(NC(=O)N3[C@@H]4O[C@H](CN3C)[C@H]3OC(C)(C)O[C@H]34)cc2)cc1. The van der Waals surface area contributed by atoms with E-state index in [0.717, 1.165) is 11.4 Å². The highest BCUT2D eigenvalue weighted by molar-refractivity contribution is 5.89. The molecule has 3 aliphatic rings. The Kier molecular flexibility index (Phi) is 4.90. The summed E-state index contributed by atoms with van der Waals surface area (Å²) in [7, 11) is 1.88. The van der Waals surface area contributed by atoms with Crippen LogP contribution in [0, 0.1) is 6.92 Å². The smallest absolute Gasteiger partial charge is 0.338 e. The van der Waals surface area contributed by atoms with Gasteiger partial charge in [0.2, 0.25) is 0 Å². The van der Waals surface area contributed by atoms with Crippen molar-refractivity contribution in [1.82, 2.24) is 10.0 Å². The number of carbonyl (C=O) groups excluding carboxylic acids is 1. The van der Waals surface area contributed by atoms with Crippen molar-refractivity contribution < 1.29 is 19.0 Å². The number of hydrogen-bond donors (Lipinski definition) is 2. The maximum atomic E-state index is 13.1. The Hall–Kier alpha value is -2.65. The van der Waals surface area contributed by atoms with Crippen molar-refractivity contribution in [2.75, 3.05) is 24.2 Å². The van der Waals surface area contributed by atoms with Crippen LogP contribution in [0.1, 0.15) is 19.4 Å². The minimum atomic E-state index is -0.673. The molecule has 3 fully saturated rings. The maximum Gasteiger partial charge on any atom is 0.338 e. The van der Waals surface area contributed by atoms with Crippen LogP contribution in [0.25, 0.3) is 0 Å². The molecule has 0 radical (unpaired) electrons. The molecule has 3 saturated heterocycles. The van der Waals surface area contributed by atoms with Gasteiger partial charge in [-0.15, -0.1) is 0 Å². The van der Waals surface area contributed by atoms with Gasteiger partial charge in [-0.05, 0) is 57.2 Å². The van der Waals surface area contributed by atoms with Crippen molar-refractivity contribution in [2.24, 2.45) is 0 Å². The molecule has 0 unspecified atom stereocenters. The lowest BCUT2D eigenvalue weighted by Crippen LogP contribution is -2.59. The highest BCUT2D eigenvalue weighted by Gasteiger charge is 2.61. The Morgan fingerprint density at radius 1 is 0.968 bits per heavy atom. The molecule has 2 N–H and O–H groups in total. The average Bonchev–Trinajstić information content (AvgIpc) is 3.17. The number of nitrogens with one attached hydrogen (secondary N) is 2. The van der Waals surface area contributed by atoms with E-state index in [1.54, 1.807) is 5.01 Å². The normalized spacial score (nSPS) is 29.0. The minimum Gasteiger partial charge on any atom is -0.356 e. The number of fused-ring (bicyclic) bond motifs is 5. The standard InChI is InChI=1S/C23H28N4O4/c1-14-5-7-15(8-6-14)24-16-9-11-17(12-10-16)25-22(28)27-21-20-19(30-23(2,3)31-20)18(29-21)13-26(27)4/h5-12,18-21,24H,13H2,1-4H3,(H,25,28)/t18-,19-,20-,21-/m1/s1. The van der Waals surface area contributed by atoms with Crippen molar-refractivity contribution >= 4 is 23.1 Å². The Morgan fingerprint density at radius 2 is 1.55 bits per heavy atom. The predicted octanol–water partition coefficient (Wildman–Crippen LogP) is 3.68. The Morgan fingerprint density at radius 3 is 2.23 bits per heavy atom. The van der Waals surface area contributed by atoms with Crippen molar-refractivity contribution in [3.05, 3.63) is 54.1 Å². The van der Waals surface area contributed by atoms with Gasteiger partial charge in [-0.1, -0.05) is 17.7 Å². The molecule has 4 atom stereocenters. The van der Waals surface area contributed by atoms with Crippen LogP contribution in [0.3, 0.4) is 0 Å². The van der Waals surface area contributed by atoms with Gasteiger partial charge in [0, 0.05) is 30.7 Å². The molecule has 0 aromatic heterocycles. The second kappa shape index (κ2) is 7.49. The van der Waals surface area contributed by atoms with Crippen LogP contribution in [-0.2, 0) is 14.2 Å². The Bertz CT molecular complexity index is 961. The van der Waals surface area contributed by atoms with E-state index in [-0.39, 0.29) is 24.3 Å². The third-order valence-electron chi connectivity index (χ3n) is 5.86. The summed E-state index contributed by atoms with van der Waals surface area (Å²) < 4.78 is 18.1. The van der Waals surface area contributed by atoms with Gasteiger partial charge in [0.15, 0.2) is 12.0 Å². The van der Waals surface area contributed by atoms with Gasteiger partial charge in [-0.2, -0.15) is 0 Å². The van der Waals surface area contributed by atoms with Crippen LogP contribution in [0.15, 0.2) is 48.5 Å². The van der Waals surface area contributed by atoms with Gasteiger partial charge < -0.3 is 24.8 Å². The van der Waals surface area contributed by atoms with Gasteiger partial charge in [-0.25, -0.2) is 14.8 Å². The Balaban J connectivity index is 1.26. The van der Waals surface area contributed by atoms with E-state index in [9.17, 15) is 4.79 Å². The number of benzene rings is 2. The number of hydrogen-bond acceptors (Lipinski definition) is 6. The average molecular weight is 425 g/mol. The van der Waals surface area contributed by atoms with Gasteiger partial charge >= 0.3 is 6.03 Å². The molecule has 0 spiro atoms. The molecular formula is C23H28N4O4. The lowest BCUT2D eigenvalue weighted by atomic mass is 10.1. The molecule has 8 heteroatoms. The van der Waals surface area contributed by atoms with E-state index in [0.29, 0.717) is 12.2 Å². The van der Waals surface area contributed by atoms with Crippen LogP contribution in [0.5, 0.6) is 0 Å². The van der Waals surface area contributed by atoms with Crippen LogP contribution >= 0.6 is 0 Å². The number of nitrogens with zero attached hydrogens (tertiary/aromatic N) is 2. The zero-order valence-corrected chi connectivity index (χ0v) is 18.2. The number of amides is 2. The van der Waals surface area contributed by atoms with Crippen molar-refractivity contribution in [3.63, 3.8) is 0 Å². The van der Waals surface area contributed by atoms with Crippen LogP contribution in [-0.4, -0.2) is 60.0 Å². The summed E-state index contributed by atoms with van der Waals surface area (Å²) in [5.74, 6) is -0.673. The van der Waals surface area contributed by atoms with Gasteiger partial charge in [-0.3, -0.25) is 0 Å². The minimum absolute atomic E-state index is 0.113. The number of urea groups is 1. The van der Waals surface area contributed by atoms with E-state index in [4.69, 9.17) is 14.2 Å². The number of ether oxygens (including phenoxy) is 3. The lowest BCUT2D eigenvalue weighted by molar-refractivity contribution is -0.247. The lowest BCUT2D eigenvalue weighted by Gasteiger charge is -2.42. The molecule has 164 valence electrons. The molecule has 3 aliphatic heterocycles. The topological polar surface area (TPSA) is 75.3 Å². The highest BCUT2D eigenvalue weighted by Crippen LogP contribution is 2.42. The number of aryl methyl sites for hydroxylation is 1. The summed E-state index contributed by atoms with van der Waals surface area (Å²) in [4.78, 5) is 13.1. The van der Waals surface area contributed by atoms with E-state index in [2.05, 4.69) is 29.7 Å². The number of likely N-dealkylation sites (N-methyl/N-ethyl adjacent to an activating group) is 1. The van der Waals surface area contributed by atoms with Gasteiger partial charge in [0.05, 0.1) is 0 Å². The van der Waals surface area contributed by atoms with E-state index >= 15 is 0 Å². The second-order valence-electron chi connectivity index (χ2n) is 8.81. The van der Waals surface area contributed by atoms with Crippen molar-refractivity contribution in [3.8, 4) is 0 Å². The molecule has 0 saturated carbocycles. The molecule has 0 aliphatic carbocycles. The second-order valence-corrected chi connectivity index (χ2v) is 8.81. The number of hydrazine groups is 1.